The molecule has 0 spiro atoms. The molecule has 3 aromatic heterocycles. The van der Waals surface area contributed by atoms with Gasteiger partial charge in [0.15, 0.2) is 5.69 Å². The first-order valence-corrected chi connectivity index (χ1v) is 8.25. The summed E-state index contributed by atoms with van der Waals surface area (Å²) in [6, 6.07) is 11.2. The van der Waals surface area contributed by atoms with Gasteiger partial charge in [-0.15, -0.1) is 0 Å². The third-order valence-electron chi connectivity index (χ3n) is 3.97. The number of anilines is 1. The van der Waals surface area contributed by atoms with E-state index >= 15 is 0 Å². The molecule has 0 aliphatic carbocycles. The number of aryl methyl sites for hydroxylation is 1. The second-order valence-electron chi connectivity index (χ2n) is 6.36. The summed E-state index contributed by atoms with van der Waals surface area (Å²) in [4.78, 5) is 4.40. The van der Waals surface area contributed by atoms with E-state index < -0.39 is 0 Å². The average Bonchev–Trinajstić information content (AvgIpc) is 3.33. The summed E-state index contributed by atoms with van der Waals surface area (Å²) in [5, 5.41) is 12.4. The fourth-order valence-electron chi connectivity index (χ4n) is 2.58. The lowest BCUT2D eigenvalue weighted by molar-refractivity contribution is 0.368. The van der Waals surface area contributed by atoms with Crippen LogP contribution in [0.4, 0.5) is 5.82 Å². The standard InChI is InChI=1S/C18H18N6O2/c1-10(2)15-9-14(22-25-15)18-20-17(23-26-18)12-4-6-13(7-5-12)24-16(19)8-11(3)21-24/h4-10H,19H2,1-3H3. The summed E-state index contributed by atoms with van der Waals surface area (Å²) in [5.41, 5.74) is 9.03. The fraction of sp³-hybridized carbons (Fsp3) is 0.222. The first-order valence-electron chi connectivity index (χ1n) is 8.25. The SMILES string of the molecule is Cc1cc(N)n(-c2ccc(-c3noc(-c4cc(C(C)C)on4)n3)cc2)n1. The Hall–Kier alpha value is -3.42. The van der Waals surface area contributed by atoms with Crippen molar-refractivity contribution in [2.24, 2.45) is 0 Å². The Labute approximate surface area is 149 Å². The van der Waals surface area contributed by atoms with E-state index in [2.05, 4.69) is 20.4 Å². The predicted molar refractivity (Wildman–Crippen MR) is 95.6 cm³/mol. The quantitative estimate of drug-likeness (QED) is 0.599. The van der Waals surface area contributed by atoms with Crippen LogP contribution in [0.2, 0.25) is 0 Å². The maximum Gasteiger partial charge on any atom is 0.280 e. The summed E-state index contributed by atoms with van der Waals surface area (Å²) in [6.45, 7) is 5.95. The van der Waals surface area contributed by atoms with Crippen molar-refractivity contribution >= 4 is 5.82 Å². The smallest absolute Gasteiger partial charge is 0.280 e. The molecule has 0 unspecified atom stereocenters. The lowest BCUT2D eigenvalue weighted by Crippen LogP contribution is -2.01. The van der Waals surface area contributed by atoms with Crippen LogP contribution in [0.1, 0.15) is 31.2 Å². The number of aromatic nitrogens is 5. The van der Waals surface area contributed by atoms with Gasteiger partial charge in [0.25, 0.3) is 5.89 Å². The van der Waals surface area contributed by atoms with Gasteiger partial charge in [-0.25, -0.2) is 4.68 Å². The van der Waals surface area contributed by atoms with Gasteiger partial charge in [0, 0.05) is 23.6 Å². The molecule has 4 aromatic rings. The summed E-state index contributed by atoms with van der Waals surface area (Å²) in [7, 11) is 0. The Morgan fingerprint density at radius 3 is 2.42 bits per heavy atom. The van der Waals surface area contributed by atoms with Gasteiger partial charge >= 0.3 is 0 Å². The molecule has 8 heteroatoms. The second kappa shape index (κ2) is 6.14. The maximum atomic E-state index is 5.96. The Morgan fingerprint density at radius 1 is 1.04 bits per heavy atom. The van der Waals surface area contributed by atoms with Crippen molar-refractivity contribution in [2.75, 3.05) is 5.73 Å². The lowest BCUT2D eigenvalue weighted by Gasteiger charge is -2.04. The van der Waals surface area contributed by atoms with Crippen molar-refractivity contribution in [3.8, 4) is 28.7 Å². The summed E-state index contributed by atoms with van der Waals surface area (Å²) in [6.07, 6.45) is 0. The molecule has 0 bridgehead atoms. The largest absolute Gasteiger partial charge is 0.384 e. The van der Waals surface area contributed by atoms with Crippen molar-refractivity contribution in [1.29, 1.82) is 0 Å². The number of nitrogen functional groups attached to an aromatic ring is 1. The molecular weight excluding hydrogens is 332 g/mol. The van der Waals surface area contributed by atoms with E-state index in [1.807, 2.05) is 57.2 Å². The molecule has 26 heavy (non-hydrogen) atoms. The highest BCUT2D eigenvalue weighted by atomic mass is 16.5. The van der Waals surface area contributed by atoms with Crippen LogP contribution in [-0.4, -0.2) is 25.1 Å². The monoisotopic (exact) mass is 350 g/mol. The van der Waals surface area contributed by atoms with E-state index in [9.17, 15) is 0 Å². The topological polar surface area (TPSA) is 109 Å². The van der Waals surface area contributed by atoms with Crippen molar-refractivity contribution in [1.82, 2.24) is 25.1 Å². The van der Waals surface area contributed by atoms with Gasteiger partial charge in [-0.2, -0.15) is 10.1 Å². The number of nitrogens with two attached hydrogens (primary N) is 1. The molecule has 0 amide bonds. The normalized spacial score (nSPS) is 11.4. The van der Waals surface area contributed by atoms with Crippen LogP contribution < -0.4 is 5.73 Å². The van der Waals surface area contributed by atoms with Gasteiger partial charge in [0.05, 0.1) is 11.4 Å². The zero-order chi connectivity index (χ0) is 18.3. The van der Waals surface area contributed by atoms with Crippen LogP contribution in [0.3, 0.4) is 0 Å². The molecule has 4 rings (SSSR count). The number of nitrogens with zero attached hydrogens (tertiary/aromatic N) is 5. The average molecular weight is 350 g/mol. The van der Waals surface area contributed by atoms with E-state index in [0.29, 0.717) is 23.2 Å². The zero-order valence-electron chi connectivity index (χ0n) is 14.7. The van der Waals surface area contributed by atoms with Crippen LogP contribution in [0, 0.1) is 6.92 Å². The number of hydrogen-bond acceptors (Lipinski definition) is 7. The Balaban J connectivity index is 1.60. The maximum absolute atomic E-state index is 5.96. The molecule has 0 saturated heterocycles. The van der Waals surface area contributed by atoms with Gasteiger partial charge < -0.3 is 14.8 Å². The number of benzene rings is 1. The Kier molecular flexibility index (Phi) is 3.80. The molecule has 0 atom stereocenters. The molecule has 1 aromatic carbocycles. The molecule has 0 radical (unpaired) electrons. The van der Waals surface area contributed by atoms with Crippen molar-refractivity contribution in [2.45, 2.75) is 26.7 Å². The first kappa shape index (κ1) is 16.1. The molecular formula is C18H18N6O2. The highest BCUT2D eigenvalue weighted by Crippen LogP contribution is 2.25. The van der Waals surface area contributed by atoms with Gasteiger partial charge in [-0.1, -0.05) is 24.2 Å². The molecule has 0 fully saturated rings. The van der Waals surface area contributed by atoms with E-state index in [1.165, 1.54) is 0 Å². The van der Waals surface area contributed by atoms with Gasteiger partial charge in [-0.3, -0.25) is 0 Å². The van der Waals surface area contributed by atoms with Crippen LogP contribution in [0.15, 0.2) is 45.4 Å². The third kappa shape index (κ3) is 2.85. The fourth-order valence-corrected chi connectivity index (χ4v) is 2.58. The Bertz CT molecular complexity index is 1040. The molecule has 0 aliphatic rings. The number of rotatable bonds is 4. The van der Waals surface area contributed by atoms with Crippen molar-refractivity contribution < 1.29 is 9.05 Å². The minimum atomic E-state index is 0.240. The van der Waals surface area contributed by atoms with Crippen molar-refractivity contribution in [3.63, 3.8) is 0 Å². The summed E-state index contributed by atoms with van der Waals surface area (Å²) in [5.74, 6) is 2.40. The zero-order valence-corrected chi connectivity index (χ0v) is 14.7. The summed E-state index contributed by atoms with van der Waals surface area (Å²) >= 11 is 0. The summed E-state index contributed by atoms with van der Waals surface area (Å²) < 4.78 is 12.3. The minimum Gasteiger partial charge on any atom is -0.384 e. The van der Waals surface area contributed by atoms with E-state index in [0.717, 1.165) is 22.7 Å². The highest BCUT2D eigenvalue weighted by molar-refractivity contribution is 5.60. The van der Waals surface area contributed by atoms with Crippen molar-refractivity contribution in [3.05, 3.63) is 47.9 Å². The van der Waals surface area contributed by atoms with Gasteiger partial charge in [-0.05, 0) is 31.2 Å². The van der Waals surface area contributed by atoms with Crippen LogP contribution in [0.25, 0.3) is 28.7 Å². The molecule has 3 heterocycles. The number of hydrogen-bond donors (Lipinski definition) is 1. The minimum absolute atomic E-state index is 0.240. The lowest BCUT2D eigenvalue weighted by atomic mass is 10.1. The van der Waals surface area contributed by atoms with Crippen LogP contribution >= 0.6 is 0 Å². The van der Waals surface area contributed by atoms with E-state index in [-0.39, 0.29) is 5.92 Å². The van der Waals surface area contributed by atoms with E-state index in [4.69, 9.17) is 14.8 Å². The van der Waals surface area contributed by atoms with Crippen LogP contribution in [0.5, 0.6) is 0 Å². The highest BCUT2D eigenvalue weighted by Gasteiger charge is 2.16. The molecule has 0 saturated carbocycles. The molecule has 2 N–H and O–H groups in total. The third-order valence-corrected chi connectivity index (χ3v) is 3.97. The Morgan fingerprint density at radius 2 is 1.81 bits per heavy atom. The van der Waals surface area contributed by atoms with E-state index in [1.54, 1.807) is 4.68 Å². The molecule has 8 nitrogen and oxygen atoms in total. The van der Waals surface area contributed by atoms with Gasteiger partial charge in [0.2, 0.25) is 5.82 Å². The molecule has 0 aliphatic heterocycles. The predicted octanol–water partition coefficient (Wildman–Crippen LogP) is 3.59. The first-order chi connectivity index (χ1) is 12.5. The molecule has 132 valence electrons. The second-order valence-corrected chi connectivity index (χ2v) is 6.36. The van der Waals surface area contributed by atoms with Gasteiger partial charge in [0.1, 0.15) is 11.6 Å². The van der Waals surface area contributed by atoms with Crippen LogP contribution in [-0.2, 0) is 0 Å².